The first-order chi connectivity index (χ1) is 34.5. The lowest BCUT2D eigenvalue weighted by atomic mass is 9.96. The van der Waals surface area contributed by atoms with E-state index in [0.29, 0.717) is 43.4 Å². The van der Waals surface area contributed by atoms with E-state index in [1.54, 1.807) is 71.9 Å². The van der Waals surface area contributed by atoms with E-state index in [1.807, 2.05) is 0 Å². The minimum absolute atomic E-state index is 0.0216. The maximum atomic E-state index is 14.4. The number of rotatable bonds is 29. The molecule has 73 heavy (non-hydrogen) atoms. The Morgan fingerprint density at radius 2 is 1.18 bits per heavy atom. The molecular formula is C50H75N11O12. The van der Waals surface area contributed by atoms with Crippen molar-refractivity contribution in [3.63, 3.8) is 0 Å². The van der Waals surface area contributed by atoms with Gasteiger partial charge in [0.2, 0.25) is 41.4 Å². The summed E-state index contributed by atoms with van der Waals surface area (Å²) in [5.41, 5.74) is 18.2. The van der Waals surface area contributed by atoms with Crippen LogP contribution in [0.15, 0.2) is 59.6 Å². The van der Waals surface area contributed by atoms with Crippen LogP contribution in [-0.2, 0) is 56.0 Å². The predicted octanol–water partition coefficient (Wildman–Crippen LogP) is -0.234. The molecule has 0 bridgehead atoms. The summed E-state index contributed by atoms with van der Waals surface area (Å²) in [5, 5.41) is 45.3. The van der Waals surface area contributed by atoms with E-state index >= 15 is 0 Å². The first-order valence-corrected chi connectivity index (χ1v) is 24.7. The van der Waals surface area contributed by atoms with Gasteiger partial charge in [-0.1, -0.05) is 96.8 Å². The summed E-state index contributed by atoms with van der Waals surface area (Å²) in [6.45, 7) is 10.8. The third-order valence-corrected chi connectivity index (χ3v) is 12.9. The molecule has 1 aliphatic heterocycles. The van der Waals surface area contributed by atoms with Crippen LogP contribution in [0.2, 0.25) is 0 Å². The summed E-state index contributed by atoms with van der Waals surface area (Å²) in [6.07, 6.45) is 0.203. The van der Waals surface area contributed by atoms with Crippen molar-refractivity contribution in [3.05, 3.63) is 65.7 Å². The molecule has 0 aromatic heterocycles. The van der Waals surface area contributed by atoms with Crippen LogP contribution in [0.3, 0.4) is 0 Å². The number of carboxylic acids is 2. The van der Waals surface area contributed by atoms with E-state index in [-0.39, 0.29) is 55.8 Å². The Labute approximate surface area is 425 Å². The maximum Gasteiger partial charge on any atom is 0.326 e. The monoisotopic (exact) mass is 1020 g/mol. The van der Waals surface area contributed by atoms with Gasteiger partial charge in [0.15, 0.2) is 5.96 Å². The molecule has 1 heterocycles. The first kappa shape index (κ1) is 60.0. The summed E-state index contributed by atoms with van der Waals surface area (Å²) in [5.74, 6) is -10.1. The third kappa shape index (κ3) is 19.0. The molecule has 23 heteroatoms. The van der Waals surface area contributed by atoms with Crippen molar-refractivity contribution in [2.75, 3.05) is 13.1 Å². The van der Waals surface area contributed by atoms with Crippen LogP contribution < -0.4 is 49.1 Å². The van der Waals surface area contributed by atoms with Crippen LogP contribution in [0.5, 0.6) is 5.75 Å². The number of aliphatic imine (C=N–C) groups is 1. The highest BCUT2D eigenvalue weighted by Gasteiger charge is 2.40. The highest BCUT2D eigenvalue weighted by Crippen LogP contribution is 2.21. The molecule has 1 aliphatic rings. The molecule has 2 aromatic carbocycles. The highest BCUT2D eigenvalue weighted by molar-refractivity contribution is 5.98. The smallest absolute Gasteiger partial charge is 0.326 e. The number of carbonyl (C=O) groups is 9. The van der Waals surface area contributed by atoms with Crippen molar-refractivity contribution in [2.24, 2.45) is 39.9 Å². The van der Waals surface area contributed by atoms with Crippen molar-refractivity contribution in [1.29, 1.82) is 0 Å². The number of hydrogen-bond acceptors (Lipinski definition) is 12. The van der Waals surface area contributed by atoms with Crippen LogP contribution in [-0.4, -0.2) is 141 Å². The number of phenolic OH excluding ortho intramolecular Hbond substituents is 1. The van der Waals surface area contributed by atoms with Gasteiger partial charge in [-0.05, 0) is 66.7 Å². The number of carboxylic acid groups (broad SMARTS) is 2. The van der Waals surface area contributed by atoms with Gasteiger partial charge >= 0.3 is 11.9 Å². The Kier molecular flexibility index (Phi) is 24.1. The number of phenols is 1. The lowest BCUT2D eigenvalue weighted by Crippen LogP contribution is -2.61. The topological polar surface area (TPSA) is 380 Å². The molecule has 1 saturated heterocycles. The minimum Gasteiger partial charge on any atom is -0.508 e. The summed E-state index contributed by atoms with van der Waals surface area (Å²) in [6, 6.07) is 3.62. The maximum absolute atomic E-state index is 14.4. The first-order valence-electron chi connectivity index (χ1n) is 24.7. The summed E-state index contributed by atoms with van der Waals surface area (Å²) in [4.78, 5) is 128. The number of amides is 7. The van der Waals surface area contributed by atoms with Crippen molar-refractivity contribution in [3.8, 4) is 5.75 Å². The molecule has 0 spiro atoms. The Balaban J connectivity index is 1.96. The molecule has 0 unspecified atom stereocenters. The number of nitrogens with two attached hydrogens (primary N) is 3. The molecule has 402 valence electrons. The molecule has 1 fully saturated rings. The van der Waals surface area contributed by atoms with Crippen molar-refractivity contribution < 1.29 is 58.5 Å². The Bertz CT molecular complexity index is 2240. The third-order valence-electron chi connectivity index (χ3n) is 12.9. The van der Waals surface area contributed by atoms with Gasteiger partial charge in [0.25, 0.3) is 0 Å². The van der Waals surface area contributed by atoms with Crippen LogP contribution in [0.4, 0.5) is 0 Å². The standard InChI is InChI=1S/C50H75N11O12/c1-7-28(5)40(59-46(69)37-17-13-23-61(37)48(71)39(51)27(3)4)47(70)58-34(24-30-14-10-9-11-15-30)43(66)57-36(26-38(63)64)44(67)55-33(16-12-22-54-50(52)53)42(65)56-35(25-31-18-20-32(62)21-19-31)45(68)60-41(49(72)73)29(6)8-2/h9-11,14-15,18-21,27-29,33-37,39-41,62H,7-8,12-13,16-17,22-26,51H2,1-6H3,(H,55,67)(H,56,65)(H,57,66)(H,58,70)(H,59,69)(H,60,68)(H,63,64)(H,72,73)(H4,52,53,54)/t28-,29-,33-,34-,35-,36-,37-,39-,40-,41-/m0/s1. The van der Waals surface area contributed by atoms with E-state index in [4.69, 9.17) is 17.2 Å². The fraction of sp³-hybridized carbons (Fsp3) is 0.560. The van der Waals surface area contributed by atoms with Gasteiger partial charge in [0.05, 0.1) is 12.5 Å². The van der Waals surface area contributed by atoms with E-state index in [2.05, 4.69) is 36.9 Å². The van der Waals surface area contributed by atoms with Crippen LogP contribution in [0.1, 0.15) is 97.6 Å². The van der Waals surface area contributed by atoms with Gasteiger partial charge in [-0.3, -0.25) is 43.3 Å². The van der Waals surface area contributed by atoms with Crippen LogP contribution in [0.25, 0.3) is 0 Å². The van der Waals surface area contributed by atoms with E-state index in [0.717, 1.165) is 0 Å². The van der Waals surface area contributed by atoms with E-state index in [1.165, 1.54) is 29.2 Å². The second-order valence-electron chi connectivity index (χ2n) is 18.9. The second-order valence-corrected chi connectivity index (χ2v) is 18.9. The molecule has 2 aromatic rings. The molecule has 10 atom stereocenters. The number of nitrogens with zero attached hydrogens (tertiary/aromatic N) is 2. The normalized spacial score (nSPS) is 16.9. The zero-order valence-corrected chi connectivity index (χ0v) is 42.5. The van der Waals surface area contributed by atoms with Gasteiger partial charge in [0, 0.05) is 25.9 Å². The van der Waals surface area contributed by atoms with E-state index < -0.39 is 114 Å². The number of aliphatic carboxylic acids is 2. The number of likely N-dealkylation sites (tertiary alicyclic amines) is 1. The quantitative estimate of drug-likeness (QED) is 0.0284. The van der Waals surface area contributed by atoms with Crippen molar-refractivity contribution in [1.82, 2.24) is 36.8 Å². The number of guanidine groups is 1. The molecule has 0 saturated carbocycles. The molecular weight excluding hydrogens is 947 g/mol. The molecule has 0 aliphatic carbocycles. The average molecular weight is 1020 g/mol. The zero-order valence-electron chi connectivity index (χ0n) is 42.5. The largest absolute Gasteiger partial charge is 0.508 e. The molecule has 7 amide bonds. The van der Waals surface area contributed by atoms with Crippen molar-refractivity contribution >= 4 is 59.2 Å². The van der Waals surface area contributed by atoms with E-state index in [9.17, 15) is 58.5 Å². The summed E-state index contributed by atoms with van der Waals surface area (Å²) < 4.78 is 0. The number of benzene rings is 2. The number of carbonyl (C=O) groups excluding carboxylic acids is 7. The number of hydrogen-bond donors (Lipinski definition) is 12. The minimum atomic E-state index is -1.86. The van der Waals surface area contributed by atoms with Gasteiger partial charge < -0.3 is 69.3 Å². The second kappa shape index (κ2) is 29.3. The number of nitrogens with one attached hydrogen (secondary N) is 6. The van der Waals surface area contributed by atoms with Gasteiger partial charge in [-0.15, -0.1) is 0 Å². The average Bonchev–Trinajstić information content (AvgIpc) is 3.85. The Morgan fingerprint density at radius 1 is 0.671 bits per heavy atom. The van der Waals surface area contributed by atoms with Crippen LogP contribution in [0, 0.1) is 17.8 Å². The van der Waals surface area contributed by atoms with Crippen molar-refractivity contribution in [2.45, 2.75) is 148 Å². The Morgan fingerprint density at radius 3 is 1.73 bits per heavy atom. The van der Waals surface area contributed by atoms with Gasteiger partial charge in [-0.25, -0.2) is 4.79 Å². The SMILES string of the molecule is CC[C@H](C)[C@H](NC(=O)[C@H](Cc1ccc(O)cc1)NC(=O)[C@H](CCCN=C(N)N)NC(=O)[C@H](CC(=O)O)NC(=O)[C@H](Cc1ccccc1)NC(=O)[C@@H](NC(=O)[C@@H]1CCCN1C(=O)[C@@H](N)C(C)C)[C@@H](C)CC)C(=O)O. The lowest BCUT2D eigenvalue weighted by molar-refractivity contribution is -0.144. The summed E-state index contributed by atoms with van der Waals surface area (Å²) in [7, 11) is 0. The lowest BCUT2D eigenvalue weighted by Gasteiger charge is -2.31. The molecule has 15 N–H and O–H groups in total. The van der Waals surface area contributed by atoms with Gasteiger partial charge in [0.1, 0.15) is 48.0 Å². The number of aromatic hydroxyl groups is 1. The highest BCUT2D eigenvalue weighted by atomic mass is 16.4. The summed E-state index contributed by atoms with van der Waals surface area (Å²) >= 11 is 0. The van der Waals surface area contributed by atoms with Gasteiger partial charge in [-0.2, -0.15) is 0 Å². The molecule has 0 radical (unpaired) electrons. The van der Waals surface area contributed by atoms with Crippen LogP contribution >= 0.6 is 0 Å². The molecule has 23 nitrogen and oxygen atoms in total. The zero-order chi connectivity index (χ0) is 54.5. The fourth-order valence-corrected chi connectivity index (χ4v) is 8.04. The molecule has 3 rings (SSSR count). The Hall–Kier alpha value is -7.30. The fourth-order valence-electron chi connectivity index (χ4n) is 8.04. The predicted molar refractivity (Wildman–Crippen MR) is 270 cm³/mol.